The van der Waals surface area contributed by atoms with E-state index in [1.807, 2.05) is 12.2 Å². The lowest BCUT2D eigenvalue weighted by molar-refractivity contribution is -0.120. The number of amides is 1. The standard InChI is InChI=1S/C14H21NO2/c1-11(10-12-6-2-3-7-12)15-14(16)13-8-4-5-9-17-13/h5,8-9,11-12H,2-4,6-7,10H2,1H3,(H,15,16). The number of rotatable bonds is 4. The molecule has 0 saturated heterocycles. The SMILES string of the molecule is CC(CC1CCCC1)NC(=O)C1=CCC=CO1. The van der Waals surface area contributed by atoms with E-state index in [1.54, 1.807) is 6.26 Å². The number of allylic oxidation sites excluding steroid dienone is 2. The smallest absolute Gasteiger partial charge is 0.286 e. The molecule has 0 aromatic carbocycles. The first kappa shape index (κ1) is 12.2. The lowest BCUT2D eigenvalue weighted by atomic mass is 9.99. The topological polar surface area (TPSA) is 38.3 Å². The molecule has 1 amide bonds. The Morgan fingerprint density at radius 3 is 2.94 bits per heavy atom. The van der Waals surface area contributed by atoms with Crippen LogP contribution in [-0.4, -0.2) is 11.9 Å². The van der Waals surface area contributed by atoms with E-state index in [0.717, 1.165) is 18.8 Å². The summed E-state index contributed by atoms with van der Waals surface area (Å²) in [6, 6.07) is 0.237. The highest BCUT2D eigenvalue weighted by molar-refractivity contribution is 5.91. The summed E-state index contributed by atoms with van der Waals surface area (Å²) in [6.07, 6.45) is 12.5. The Balaban J connectivity index is 1.75. The summed E-state index contributed by atoms with van der Waals surface area (Å²) >= 11 is 0. The van der Waals surface area contributed by atoms with Crippen molar-refractivity contribution in [2.75, 3.05) is 0 Å². The molecule has 2 rings (SSSR count). The summed E-state index contributed by atoms with van der Waals surface area (Å²) in [5.41, 5.74) is 0. The third kappa shape index (κ3) is 3.62. The van der Waals surface area contributed by atoms with Crippen LogP contribution >= 0.6 is 0 Å². The monoisotopic (exact) mass is 235 g/mol. The van der Waals surface area contributed by atoms with Crippen LogP contribution in [0.4, 0.5) is 0 Å². The minimum absolute atomic E-state index is 0.0835. The van der Waals surface area contributed by atoms with Gasteiger partial charge in [-0.15, -0.1) is 0 Å². The molecule has 1 aliphatic heterocycles. The lowest BCUT2D eigenvalue weighted by Crippen LogP contribution is -2.35. The Morgan fingerprint density at radius 2 is 2.29 bits per heavy atom. The van der Waals surface area contributed by atoms with Gasteiger partial charge in [-0.2, -0.15) is 0 Å². The third-order valence-corrected chi connectivity index (χ3v) is 3.49. The highest BCUT2D eigenvalue weighted by Crippen LogP contribution is 2.28. The van der Waals surface area contributed by atoms with Crippen LogP contribution in [0.15, 0.2) is 24.2 Å². The van der Waals surface area contributed by atoms with Crippen LogP contribution in [0.5, 0.6) is 0 Å². The van der Waals surface area contributed by atoms with Gasteiger partial charge in [-0.3, -0.25) is 4.79 Å². The summed E-state index contributed by atoms with van der Waals surface area (Å²) in [7, 11) is 0. The molecule has 1 heterocycles. The van der Waals surface area contributed by atoms with E-state index >= 15 is 0 Å². The van der Waals surface area contributed by atoms with Crippen molar-refractivity contribution in [3.05, 3.63) is 24.2 Å². The molecule has 0 radical (unpaired) electrons. The fraction of sp³-hybridized carbons (Fsp3) is 0.643. The number of nitrogens with one attached hydrogen (secondary N) is 1. The lowest BCUT2D eigenvalue weighted by Gasteiger charge is -2.19. The summed E-state index contributed by atoms with van der Waals surface area (Å²) in [5, 5.41) is 3.01. The van der Waals surface area contributed by atoms with Gasteiger partial charge in [-0.25, -0.2) is 0 Å². The number of ether oxygens (including phenoxy) is 1. The normalized spacial score (nSPS) is 21.8. The fourth-order valence-electron chi connectivity index (χ4n) is 2.65. The second-order valence-electron chi connectivity index (χ2n) is 5.05. The van der Waals surface area contributed by atoms with Crippen molar-refractivity contribution in [3.63, 3.8) is 0 Å². The van der Waals surface area contributed by atoms with Crippen molar-refractivity contribution in [3.8, 4) is 0 Å². The zero-order valence-corrected chi connectivity index (χ0v) is 10.4. The van der Waals surface area contributed by atoms with Gasteiger partial charge < -0.3 is 10.1 Å². The average molecular weight is 235 g/mol. The molecule has 94 valence electrons. The highest BCUT2D eigenvalue weighted by Gasteiger charge is 2.20. The second-order valence-corrected chi connectivity index (χ2v) is 5.05. The van der Waals surface area contributed by atoms with E-state index < -0.39 is 0 Å². The van der Waals surface area contributed by atoms with E-state index in [0.29, 0.717) is 5.76 Å². The van der Waals surface area contributed by atoms with Crippen LogP contribution < -0.4 is 5.32 Å². The number of carbonyl (C=O) groups is 1. The maximum absolute atomic E-state index is 11.8. The zero-order valence-electron chi connectivity index (χ0n) is 10.4. The van der Waals surface area contributed by atoms with E-state index in [4.69, 9.17) is 4.74 Å². The van der Waals surface area contributed by atoms with Crippen molar-refractivity contribution in [2.24, 2.45) is 5.92 Å². The van der Waals surface area contributed by atoms with Crippen molar-refractivity contribution in [1.82, 2.24) is 5.32 Å². The summed E-state index contributed by atoms with van der Waals surface area (Å²) < 4.78 is 5.18. The molecule has 1 aliphatic carbocycles. The first-order valence-corrected chi connectivity index (χ1v) is 6.58. The maximum atomic E-state index is 11.8. The quantitative estimate of drug-likeness (QED) is 0.813. The molecule has 0 aromatic rings. The van der Waals surface area contributed by atoms with Gasteiger partial charge in [0.05, 0.1) is 6.26 Å². The fourth-order valence-corrected chi connectivity index (χ4v) is 2.65. The van der Waals surface area contributed by atoms with Crippen molar-refractivity contribution < 1.29 is 9.53 Å². The molecule has 1 fully saturated rings. The van der Waals surface area contributed by atoms with E-state index in [-0.39, 0.29) is 11.9 Å². The molecule has 1 N–H and O–H groups in total. The van der Waals surface area contributed by atoms with Gasteiger partial charge in [0, 0.05) is 6.04 Å². The molecule has 1 saturated carbocycles. The molecular formula is C14H21NO2. The van der Waals surface area contributed by atoms with Crippen molar-refractivity contribution in [1.29, 1.82) is 0 Å². The van der Waals surface area contributed by atoms with Gasteiger partial charge in [0.25, 0.3) is 5.91 Å². The Hall–Kier alpha value is -1.25. The van der Waals surface area contributed by atoms with Crippen LogP contribution in [0, 0.1) is 5.92 Å². The molecule has 2 aliphatic rings. The van der Waals surface area contributed by atoms with Crippen LogP contribution in [-0.2, 0) is 9.53 Å². The van der Waals surface area contributed by atoms with Crippen LogP contribution in [0.2, 0.25) is 0 Å². The molecule has 0 bridgehead atoms. The first-order valence-electron chi connectivity index (χ1n) is 6.58. The zero-order chi connectivity index (χ0) is 12.1. The van der Waals surface area contributed by atoms with Gasteiger partial charge in [0.15, 0.2) is 5.76 Å². The van der Waals surface area contributed by atoms with Gasteiger partial charge in [0.1, 0.15) is 0 Å². The van der Waals surface area contributed by atoms with Crippen LogP contribution in [0.3, 0.4) is 0 Å². The predicted octanol–water partition coefficient (Wildman–Crippen LogP) is 2.89. The average Bonchev–Trinajstić information content (AvgIpc) is 2.82. The Morgan fingerprint density at radius 1 is 1.53 bits per heavy atom. The Labute approximate surface area is 103 Å². The Bertz CT molecular complexity index is 327. The Kier molecular flexibility index (Phi) is 4.24. The van der Waals surface area contributed by atoms with Crippen LogP contribution in [0.1, 0.15) is 45.4 Å². The molecule has 3 nitrogen and oxygen atoms in total. The summed E-state index contributed by atoms with van der Waals surface area (Å²) in [6.45, 7) is 2.08. The largest absolute Gasteiger partial charge is 0.460 e. The molecule has 0 spiro atoms. The van der Waals surface area contributed by atoms with Gasteiger partial charge in [-0.05, 0) is 37.8 Å². The summed E-state index contributed by atoms with van der Waals surface area (Å²) in [5.74, 6) is 1.15. The summed E-state index contributed by atoms with van der Waals surface area (Å²) in [4.78, 5) is 11.8. The highest BCUT2D eigenvalue weighted by atomic mass is 16.5. The first-order chi connectivity index (χ1) is 8.25. The second kappa shape index (κ2) is 5.89. The number of carbonyl (C=O) groups excluding carboxylic acids is 1. The van der Waals surface area contributed by atoms with Gasteiger partial charge in [-0.1, -0.05) is 25.7 Å². The van der Waals surface area contributed by atoms with E-state index in [9.17, 15) is 4.79 Å². The predicted molar refractivity (Wildman–Crippen MR) is 67.1 cm³/mol. The number of hydrogen-bond acceptors (Lipinski definition) is 2. The third-order valence-electron chi connectivity index (χ3n) is 3.49. The molecule has 1 unspecified atom stereocenters. The van der Waals surface area contributed by atoms with Gasteiger partial charge >= 0.3 is 0 Å². The molecule has 0 aromatic heterocycles. The molecule has 3 heteroatoms. The minimum atomic E-state index is -0.0835. The maximum Gasteiger partial charge on any atom is 0.286 e. The van der Waals surface area contributed by atoms with Crippen LogP contribution in [0.25, 0.3) is 0 Å². The van der Waals surface area contributed by atoms with Crippen molar-refractivity contribution in [2.45, 2.75) is 51.5 Å². The van der Waals surface area contributed by atoms with Gasteiger partial charge in [0.2, 0.25) is 0 Å². The number of hydrogen-bond donors (Lipinski definition) is 1. The molecular weight excluding hydrogens is 214 g/mol. The van der Waals surface area contributed by atoms with E-state index in [2.05, 4.69) is 12.2 Å². The minimum Gasteiger partial charge on any atom is -0.460 e. The molecule has 1 atom stereocenters. The molecule has 17 heavy (non-hydrogen) atoms. The van der Waals surface area contributed by atoms with E-state index in [1.165, 1.54) is 25.7 Å². The van der Waals surface area contributed by atoms with Crippen molar-refractivity contribution >= 4 is 5.91 Å².